The van der Waals surface area contributed by atoms with E-state index in [-0.39, 0.29) is 11.4 Å². The average molecular weight is 475 g/mol. The van der Waals surface area contributed by atoms with Crippen LogP contribution < -0.4 is 5.32 Å². The van der Waals surface area contributed by atoms with Crippen molar-refractivity contribution in [3.63, 3.8) is 0 Å². The van der Waals surface area contributed by atoms with E-state index in [1.165, 1.54) is 30.5 Å². The van der Waals surface area contributed by atoms with Crippen molar-refractivity contribution in [1.29, 1.82) is 0 Å². The van der Waals surface area contributed by atoms with E-state index < -0.39 is 15.9 Å². The topological polar surface area (TPSA) is 79.4 Å². The lowest BCUT2D eigenvalue weighted by Crippen LogP contribution is -2.34. The molecule has 26 heavy (non-hydrogen) atoms. The van der Waals surface area contributed by atoms with Gasteiger partial charge in [0.25, 0.3) is 0 Å². The molecule has 0 fully saturated rings. The largest absolute Gasteiger partial charge is 0.301 e. The number of hydrogen-bond donors (Lipinski definition) is 1. The van der Waals surface area contributed by atoms with E-state index in [1.807, 2.05) is 0 Å². The van der Waals surface area contributed by atoms with Gasteiger partial charge in [-0.05, 0) is 42.5 Å². The number of amides is 1. The van der Waals surface area contributed by atoms with Gasteiger partial charge in [-0.25, -0.2) is 13.4 Å². The second kappa shape index (κ2) is 7.61. The van der Waals surface area contributed by atoms with Gasteiger partial charge in [0.15, 0.2) is 5.13 Å². The number of nitrogens with one attached hydrogen (secondary N) is 1. The lowest BCUT2D eigenvalue weighted by atomic mass is 10.3. The number of fused-ring (bicyclic) bond motifs is 1. The van der Waals surface area contributed by atoms with Crippen LogP contribution in [0.15, 0.2) is 51.8 Å². The zero-order valence-corrected chi connectivity index (χ0v) is 17.4. The summed E-state index contributed by atoms with van der Waals surface area (Å²) in [5.41, 5.74) is 0.713. The minimum Gasteiger partial charge on any atom is -0.301 e. The number of hydrogen-bond acceptors (Lipinski definition) is 5. The molecule has 1 heterocycles. The molecule has 2 aromatic carbocycles. The maximum absolute atomic E-state index is 12.5. The number of aromatic nitrogens is 1. The maximum Gasteiger partial charge on any atom is 0.243 e. The van der Waals surface area contributed by atoms with Crippen LogP contribution >= 0.6 is 38.9 Å². The van der Waals surface area contributed by atoms with Crippen molar-refractivity contribution in [2.24, 2.45) is 0 Å². The third kappa shape index (κ3) is 4.24. The Kier molecular flexibility index (Phi) is 5.64. The van der Waals surface area contributed by atoms with E-state index in [9.17, 15) is 13.2 Å². The molecule has 0 saturated carbocycles. The first-order valence-electron chi connectivity index (χ1n) is 7.33. The van der Waals surface area contributed by atoms with Crippen LogP contribution in [0.25, 0.3) is 10.2 Å². The van der Waals surface area contributed by atoms with Gasteiger partial charge in [-0.1, -0.05) is 38.9 Å². The molecule has 6 nitrogen and oxygen atoms in total. The van der Waals surface area contributed by atoms with Crippen LogP contribution in [0.2, 0.25) is 5.02 Å². The second-order valence-corrected chi connectivity index (χ2v) is 9.82. The molecule has 3 aromatic rings. The molecular weight excluding hydrogens is 462 g/mol. The van der Waals surface area contributed by atoms with Crippen LogP contribution in [-0.4, -0.2) is 37.2 Å². The van der Waals surface area contributed by atoms with E-state index in [0.29, 0.717) is 15.7 Å². The van der Waals surface area contributed by atoms with Crippen molar-refractivity contribution in [3.8, 4) is 0 Å². The molecule has 1 N–H and O–H groups in total. The zero-order chi connectivity index (χ0) is 18.9. The molecule has 0 atom stereocenters. The summed E-state index contributed by atoms with van der Waals surface area (Å²) in [6.45, 7) is -0.324. The summed E-state index contributed by atoms with van der Waals surface area (Å²) in [7, 11) is -2.40. The number of anilines is 1. The maximum atomic E-state index is 12.5. The molecule has 0 aliphatic heterocycles. The van der Waals surface area contributed by atoms with Crippen molar-refractivity contribution < 1.29 is 13.2 Å². The fourth-order valence-corrected chi connectivity index (χ4v) is 4.73. The Morgan fingerprint density at radius 3 is 2.65 bits per heavy atom. The van der Waals surface area contributed by atoms with Gasteiger partial charge in [-0.3, -0.25) is 4.79 Å². The minimum absolute atomic E-state index is 0.116. The third-order valence-corrected chi connectivity index (χ3v) is 7.00. The van der Waals surface area contributed by atoms with E-state index in [0.717, 1.165) is 13.5 Å². The number of nitrogens with zero attached hydrogens (tertiary/aromatic N) is 2. The quantitative estimate of drug-likeness (QED) is 0.607. The summed E-state index contributed by atoms with van der Waals surface area (Å²) >= 11 is 10.5. The first-order chi connectivity index (χ1) is 12.3. The Balaban J connectivity index is 1.71. The van der Waals surface area contributed by atoms with Gasteiger partial charge in [0.05, 0.1) is 21.7 Å². The number of thiazole rings is 1. The SMILES string of the molecule is CN(CC(=O)Nc1nc2ccc(Cl)cc2s1)S(=O)(=O)c1ccc(Br)cc1. The number of carbonyl (C=O) groups excluding carboxylic acids is 1. The predicted octanol–water partition coefficient (Wildman–Crippen LogP) is 3.97. The molecule has 0 unspecified atom stereocenters. The number of likely N-dealkylation sites (N-methyl/N-ethyl adjacent to an activating group) is 1. The molecule has 10 heteroatoms. The van der Waals surface area contributed by atoms with E-state index in [1.54, 1.807) is 30.3 Å². The van der Waals surface area contributed by atoms with Gasteiger partial charge in [0.2, 0.25) is 15.9 Å². The van der Waals surface area contributed by atoms with Gasteiger partial charge in [0, 0.05) is 16.5 Å². The van der Waals surface area contributed by atoms with Gasteiger partial charge in [-0.2, -0.15) is 4.31 Å². The summed E-state index contributed by atoms with van der Waals surface area (Å²) < 4.78 is 27.6. The van der Waals surface area contributed by atoms with E-state index >= 15 is 0 Å². The molecule has 0 radical (unpaired) electrons. The highest BCUT2D eigenvalue weighted by molar-refractivity contribution is 9.10. The fourth-order valence-electron chi connectivity index (χ4n) is 2.18. The Morgan fingerprint density at radius 1 is 1.27 bits per heavy atom. The van der Waals surface area contributed by atoms with E-state index in [2.05, 4.69) is 26.2 Å². The van der Waals surface area contributed by atoms with Crippen LogP contribution in [0.1, 0.15) is 0 Å². The number of halogens is 2. The smallest absolute Gasteiger partial charge is 0.243 e. The lowest BCUT2D eigenvalue weighted by Gasteiger charge is -2.16. The normalized spacial score (nSPS) is 11.8. The van der Waals surface area contributed by atoms with E-state index in [4.69, 9.17) is 11.6 Å². The Morgan fingerprint density at radius 2 is 1.96 bits per heavy atom. The Bertz CT molecular complexity index is 1070. The summed E-state index contributed by atoms with van der Waals surface area (Å²) in [5.74, 6) is -0.474. The van der Waals surface area contributed by atoms with Crippen molar-refractivity contribution in [3.05, 3.63) is 52.0 Å². The summed E-state index contributed by atoms with van der Waals surface area (Å²) in [4.78, 5) is 16.6. The van der Waals surface area contributed by atoms with Crippen LogP contribution in [0.4, 0.5) is 5.13 Å². The van der Waals surface area contributed by atoms with Crippen molar-refractivity contribution in [2.75, 3.05) is 18.9 Å². The zero-order valence-electron chi connectivity index (χ0n) is 13.4. The summed E-state index contributed by atoms with van der Waals surface area (Å²) in [6, 6.07) is 11.5. The highest BCUT2D eigenvalue weighted by Gasteiger charge is 2.23. The van der Waals surface area contributed by atoms with Gasteiger partial charge in [0.1, 0.15) is 0 Å². The predicted molar refractivity (Wildman–Crippen MR) is 107 cm³/mol. The number of benzene rings is 2. The lowest BCUT2D eigenvalue weighted by molar-refractivity contribution is -0.116. The standard InChI is InChI=1S/C16H13BrClN3O3S2/c1-21(26(23,24)12-5-2-10(17)3-6-12)9-15(22)20-16-19-13-7-4-11(18)8-14(13)25-16/h2-8H,9H2,1H3,(H,19,20,22). The Hall–Kier alpha value is -1.52. The molecule has 1 aromatic heterocycles. The third-order valence-electron chi connectivity index (χ3n) is 3.48. The van der Waals surface area contributed by atoms with Crippen molar-refractivity contribution in [2.45, 2.75) is 4.90 Å². The number of carbonyl (C=O) groups is 1. The minimum atomic E-state index is -3.76. The Labute approximate surface area is 168 Å². The second-order valence-electron chi connectivity index (χ2n) is 5.39. The van der Waals surface area contributed by atoms with Crippen LogP contribution in [0.5, 0.6) is 0 Å². The van der Waals surface area contributed by atoms with Crippen molar-refractivity contribution >= 4 is 70.1 Å². The van der Waals surface area contributed by atoms with Gasteiger partial charge >= 0.3 is 0 Å². The molecule has 0 bridgehead atoms. The average Bonchev–Trinajstić information content (AvgIpc) is 2.96. The van der Waals surface area contributed by atoms with Crippen LogP contribution in [0, 0.1) is 0 Å². The molecule has 0 saturated heterocycles. The first-order valence-corrected chi connectivity index (χ1v) is 10.8. The van der Waals surface area contributed by atoms with Gasteiger partial charge < -0.3 is 5.32 Å². The number of sulfonamides is 1. The molecule has 0 aliphatic rings. The van der Waals surface area contributed by atoms with Crippen LogP contribution in [-0.2, 0) is 14.8 Å². The molecule has 0 aliphatic carbocycles. The monoisotopic (exact) mass is 473 g/mol. The molecular formula is C16H13BrClN3O3S2. The number of rotatable bonds is 5. The first kappa shape index (κ1) is 19.2. The van der Waals surface area contributed by atoms with Crippen molar-refractivity contribution in [1.82, 2.24) is 9.29 Å². The molecule has 1 amide bonds. The molecule has 136 valence electrons. The molecule has 3 rings (SSSR count). The van der Waals surface area contributed by atoms with Crippen LogP contribution in [0.3, 0.4) is 0 Å². The fraction of sp³-hybridized carbons (Fsp3) is 0.125. The summed E-state index contributed by atoms with van der Waals surface area (Å²) in [6.07, 6.45) is 0. The van der Waals surface area contributed by atoms with Gasteiger partial charge in [-0.15, -0.1) is 0 Å². The highest BCUT2D eigenvalue weighted by Crippen LogP contribution is 2.28. The highest BCUT2D eigenvalue weighted by atomic mass is 79.9. The molecule has 0 spiro atoms. The summed E-state index contributed by atoms with van der Waals surface area (Å²) in [5, 5.41) is 3.60.